The molecule has 0 aliphatic heterocycles. The Bertz CT molecular complexity index is 524. The maximum absolute atomic E-state index is 10.9. The molecule has 0 aliphatic carbocycles. The van der Waals surface area contributed by atoms with Gasteiger partial charge < -0.3 is 20.5 Å². The van der Waals surface area contributed by atoms with Gasteiger partial charge in [0.15, 0.2) is 18.1 Å². The number of nitrogens with one attached hydrogen (secondary N) is 1. The standard InChI is InChI=1S/C19H31BrN2O3/c1-3-5-6-7-8-9-10-22-13-15-11-16(20)19(25-14-18(21)23)17(12-15)24-4-2/h11-12,22H,3-10,13-14H2,1-2H3,(H2,21,23). The summed E-state index contributed by atoms with van der Waals surface area (Å²) in [7, 11) is 0. The first kappa shape index (κ1) is 21.8. The Hall–Kier alpha value is -1.27. The summed E-state index contributed by atoms with van der Waals surface area (Å²) in [5, 5.41) is 3.47. The number of amides is 1. The molecule has 0 atom stereocenters. The Morgan fingerprint density at radius 1 is 1.12 bits per heavy atom. The van der Waals surface area contributed by atoms with Gasteiger partial charge in [0.05, 0.1) is 11.1 Å². The lowest BCUT2D eigenvalue weighted by Gasteiger charge is -2.15. The molecule has 25 heavy (non-hydrogen) atoms. The summed E-state index contributed by atoms with van der Waals surface area (Å²) in [6, 6.07) is 3.92. The van der Waals surface area contributed by atoms with E-state index in [1.807, 2.05) is 19.1 Å². The van der Waals surface area contributed by atoms with Crippen molar-refractivity contribution < 1.29 is 14.3 Å². The normalized spacial score (nSPS) is 10.7. The van der Waals surface area contributed by atoms with Crippen molar-refractivity contribution in [2.45, 2.75) is 58.9 Å². The molecule has 0 spiro atoms. The summed E-state index contributed by atoms with van der Waals surface area (Å²) in [4.78, 5) is 10.9. The summed E-state index contributed by atoms with van der Waals surface area (Å²) < 4.78 is 11.9. The van der Waals surface area contributed by atoms with Gasteiger partial charge in [0.25, 0.3) is 5.91 Å². The Balaban J connectivity index is 2.50. The summed E-state index contributed by atoms with van der Waals surface area (Å²) in [5.41, 5.74) is 6.25. The highest BCUT2D eigenvalue weighted by molar-refractivity contribution is 9.10. The van der Waals surface area contributed by atoms with E-state index in [4.69, 9.17) is 15.2 Å². The van der Waals surface area contributed by atoms with Crippen molar-refractivity contribution in [1.29, 1.82) is 0 Å². The van der Waals surface area contributed by atoms with Crippen LogP contribution in [0.5, 0.6) is 11.5 Å². The Kier molecular flexibility index (Phi) is 11.3. The van der Waals surface area contributed by atoms with Gasteiger partial charge in [-0.2, -0.15) is 0 Å². The monoisotopic (exact) mass is 414 g/mol. The third kappa shape index (κ3) is 9.12. The number of halogens is 1. The topological polar surface area (TPSA) is 73.6 Å². The average Bonchev–Trinajstić information content (AvgIpc) is 2.56. The van der Waals surface area contributed by atoms with Crippen LogP contribution in [-0.2, 0) is 11.3 Å². The molecule has 1 amide bonds. The quantitative estimate of drug-likeness (QED) is 0.448. The molecule has 142 valence electrons. The number of nitrogens with two attached hydrogens (primary N) is 1. The van der Waals surface area contributed by atoms with Crippen molar-refractivity contribution in [1.82, 2.24) is 5.32 Å². The number of hydrogen-bond donors (Lipinski definition) is 2. The molecule has 6 heteroatoms. The predicted octanol–water partition coefficient (Wildman–Crippen LogP) is 4.16. The minimum Gasteiger partial charge on any atom is -0.490 e. The summed E-state index contributed by atoms with van der Waals surface area (Å²) in [6.07, 6.45) is 7.76. The highest BCUT2D eigenvalue weighted by Gasteiger charge is 2.13. The first-order valence-corrected chi connectivity index (χ1v) is 9.94. The zero-order chi connectivity index (χ0) is 18.5. The molecule has 1 aromatic rings. The third-order valence-corrected chi connectivity index (χ3v) is 4.35. The number of carbonyl (C=O) groups is 1. The number of hydrogen-bond acceptors (Lipinski definition) is 4. The molecule has 0 saturated heterocycles. The second-order valence-electron chi connectivity index (χ2n) is 6.04. The van der Waals surface area contributed by atoms with Crippen LogP contribution in [0.15, 0.2) is 16.6 Å². The molecule has 1 rings (SSSR count). The highest BCUT2D eigenvalue weighted by atomic mass is 79.9. The summed E-state index contributed by atoms with van der Waals surface area (Å²) in [5.74, 6) is 0.619. The van der Waals surface area contributed by atoms with Crippen LogP contribution in [0.4, 0.5) is 0 Å². The van der Waals surface area contributed by atoms with Gasteiger partial charge in [-0.25, -0.2) is 0 Å². The zero-order valence-corrected chi connectivity index (χ0v) is 17.0. The van der Waals surface area contributed by atoms with Gasteiger partial charge in [-0.3, -0.25) is 4.79 Å². The lowest BCUT2D eigenvalue weighted by Crippen LogP contribution is -2.20. The molecule has 1 aromatic carbocycles. The molecule has 0 unspecified atom stereocenters. The van der Waals surface area contributed by atoms with Gasteiger partial charge >= 0.3 is 0 Å². The lowest BCUT2D eigenvalue weighted by molar-refractivity contribution is -0.119. The number of unbranched alkanes of at least 4 members (excludes halogenated alkanes) is 5. The molecule has 0 bridgehead atoms. The van der Waals surface area contributed by atoms with E-state index in [0.29, 0.717) is 18.1 Å². The fraction of sp³-hybridized carbons (Fsp3) is 0.632. The van der Waals surface area contributed by atoms with Gasteiger partial charge in [0, 0.05) is 6.54 Å². The van der Waals surface area contributed by atoms with E-state index < -0.39 is 5.91 Å². The molecule has 0 aromatic heterocycles. The number of primary amides is 1. The summed E-state index contributed by atoms with van der Waals surface area (Å²) >= 11 is 3.49. The molecule has 3 N–H and O–H groups in total. The minimum atomic E-state index is -0.515. The van der Waals surface area contributed by atoms with Gasteiger partial charge in [-0.15, -0.1) is 0 Å². The van der Waals surface area contributed by atoms with E-state index >= 15 is 0 Å². The summed E-state index contributed by atoms with van der Waals surface area (Å²) in [6.45, 7) is 6.27. The molecule has 0 heterocycles. The SMILES string of the molecule is CCCCCCCCNCc1cc(Br)c(OCC(N)=O)c(OCC)c1. The van der Waals surface area contributed by atoms with Crippen molar-refractivity contribution in [2.24, 2.45) is 5.73 Å². The molecular weight excluding hydrogens is 384 g/mol. The van der Waals surface area contributed by atoms with Crippen LogP contribution in [0.2, 0.25) is 0 Å². The molecule has 0 aliphatic rings. The van der Waals surface area contributed by atoms with E-state index in [0.717, 1.165) is 23.1 Å². The fourth-order valence-electron chi connectivity index (χ4n) is 2.53. The first-order chi connectivity index (χ1) is 12.1. The molecule has 0 fully saturated rings. The van der Waals surface area contributed by atoms with Crippen LogP contribution in [0.3, 0.4) is 0 Å². The second kappa shape index (κ2) is 13.0. The van der Waals surface area contributed by atoms with Gasteiger partial charge in [-0.05, 0) is 53.5 Å². The Labute approximate surface area is 159 Å². The van der Waals surface area contributed by atoms with Crippen LogP contribution in [0.1, 0.15) is 57.9 Å². The van der Waals surface area contributed by atoms with Crippen molar-refractivity contribution in [3.05, 3.63) is 22.2 Å². The van der Waals surface area contributed by atoms with Crippen molar-refractivity contribution >= 4 is 21.8 Å². The molecule has 0 radical (unpaired) electrons. The van der Waals surface area contributed by atoms with Crippen molar-refractivity contribution in [3.8, 4) is 11.5 Å². The lowest BCUT2D eigenvalue weighted by atomic mass is 10.1. The maximum Gasteiger partial charge on any atom is 0.255 e. The van der Waals surface area contributed by atoms with Gasteiger partial charge in [0.1, 0.15) is 0 Å². The van der Waals surface area contributed by atoms with Crippen molar-refractivity contribution in [2.75, 3.05) is 19.8 Å². The molecule has 5 nitrogen and oxygen atoms in total. The van der Waals surface area contributed by atoms with Crippen LogP contribution in [0, 0.1) is 0 Å². The fourth-order valence-corrected chi connectivity index (χ4v) is 3.14. The smallest absolute Gasteiger partial charge is 0.255 e. The molecule has 0 saturated carbocycles. The van der Waals surface area contributed by atoms with E-state index in [2.05, 4.69) is 28.2 Å². The van der Waals surface area contributed by atoms with Crippen LogP contribution in [0.25, 0.3) is 0 Å². The zero-order valence-electron chi connectivity index (χ0n) is 15.4. The third-order valence-electron chi connectivity index (χ3n) is 3.76. The number of rotatable bonds is 14. The predicted molar refractivity (Wildman–Crippen MR) is 105 cm³/mol. The second-order valence-corrected chi connectivity index (χ2v) is 6.89. The minimum absolute atomic E-state index is 0.172. The van der Waals surface area contributed by atoms with Crippen LogP contribution in [-0.4, -0.2) is 25.7 Å². The average molecular weight is 415 g/mol. The Morgan fingerprint density at radius 3 is 2.52 bits per heavy atom. The van der Waals surface area contributed by atoms with Crippen LogP contribution < -0.4 is 20.5 Å². The number of ether oxygens (including phenoxy) is 2. The number of benzene rings is 1. The highest BCUT2D eigenvalue weighted by Crippen LogP contribution is 2.36. The van der Waals surface area contributed by atoms with Gasteiger partial charge in [-0.1, -0.05) is 39.0 Å². The van der Waals surface area contributed by atoms with Gasteiger partial charge in [0.2, 0.25) is 0 Å². The van der Waals surface area contributed by atoms with Crippen LogP contribution >= 0.6 is 15.9 Å². The number of carbonyl (C=O) groups excluding carboxylic acids is 1. The largest absolute Gasteiger partial charge is 0.490 e. The van der Waals surface area contributed by atoms with E-state index in [1.165, 1.54) is 38.5 Å². The molecular formula is C19H31BrN2O3. The van der Waals surface area contributed by atoms with E-state index in [9.17, 15) is 4.79 Å². The first-order valence-electron chi connectivity index (χ1n) is 9.15. The Morgan fingerprint density at radius 2 is 1.84 bits per heavy atom. The maximum atomic E-state index is 10.9. The van der Waals surface area contributed by atoms with E-state index in [1.54, 1.807) is 0 Å². The van der Waals surface area contributed by atoms with E-state index in [-0.39, 0.29) is 6.61 Å². The van der Waals surface area contributed by atoms with Crippen molar-refractivity contribution in [3.63, 3.8) is 0 Å².